The topological polar surface area (TPSA) is 119 Å². The van der Waals surface area contributed by atoms with Crippen molar-refractivity contribution < 1.29 is 27.3 Å². The van der Waals surface area contributed by atoms with Crippen molar-refractivity contribution in [3.05, 3.63) is 53.1 Å². The van der Waals surface area contributed by atoms with E-state index in [0.29, 0.717) is 30.5 Å². The Balaban J connectivity index is 1.47. The molecule has 1 N–H and O–H groups in total. The Kier molecular flexibility index (Phi) is 7.42. The zero-order valence-electron chi connectivity index (χ0n) is 24.6. The summed E-state index contributed by atoms with van der Waals surface area (Å²) in [5.41, 5.74) is 1.89. The van der Waals surface area contributed by atoms with Crippen LogP contribution < -0.4 is 10.8 Å². The molecule has 12 heteroatoms. The molecule has 3 aliphatic rings. The average molecular weight is 581 g/mol. The molecule has 3 aliphatic heterocycles. The van der Waals surface area contributed by atoms with Crippen LogP contribution in [0.5, 0.6) is 0 Å². The highest BCUT2D eigenvalue weighted by atomic mass is 32.2. The van der Waals surface area contributed by atoms with E-state index in [1.165, 1.54) is 5.01 Å². The molecule has 0 spiro atoms. The Bertz CT molecular complexity index is 1530. The maximum atomic E-state index is 13.2. The van der Waals surface area contributed by atoms with Crippen LogP contribution in [0.1, 0.15) is 71.1 Å². The number of amides is 1. The van der Waals surface area contributed by atoms with E-state index in [1.807, 2.05) is 59.7 Å². The number of methoxy groups -OCH3 is 1. The summed E-state index contributed by atoms with van der Waals surface area (Å²) in [5, 5.41) is 9.17. The Morgan fingerprint density at radius 3 is 2.39 bits per heavy atom. The highest BCUT2D eigenvalue weighted by molar-refractivity contribution is 7.90. The molecule has 0 bridgehead atoms. The zero-order chi connectivity index (χ0) is 29.8. The van der Waals surface area contributed by atoms with Crippen LogP contribution in [0.25, 0.3) is 0 Å². The Hall–Kier alpha value is -3.06. The molecule has 2 aromatic rings. The third-order valence-corrected chi connectivity index (χ3v) is 10.1. The predicted molar refractivity (Wildman–Crippen MR) is 159 cm³/mol. The van der Waals surface area contributed by atoms with E-state index in [0.717, 1.165) is 16.8 Å². The molecule has 5 rings (SSSR count). The van der Waals surface area contributed by atoms with Crippen LogP contribution in [0.4, 0.5) is 5.69 Å². The molecule has 2 aromatic carbocycles. The summed E-state index contributed by atoms with van der Waals surface area (Å²) in [6.45, 7) is 12.4. The van der Waals surface area contributed by atoms with Crippen molar-refractivity contribution >= 4 is 46.2 Å². The van der Waals surface area contributed by atoms with Crippen molar-refractivity contribution in [2.24, 2.45) is 9.50 Å². The van der Waals surface area contributed by atoms with Gasteiger partial charge in [-0.1, -0.05) is 32.0 Å². The summed E-state index contributed by atoms with van der Waals surface area (Å²) in [5.74, 6) is 0.221. The molecule has 0 radical (unpaired) electrons. The molecule has 1 amide bonds. The van der Waals surface area contributed by atoms with Crippen LogP contribution in [0.15, 0.2) is 50.8 Å². The van der Waals surface area contributed by atoms with Crippen molar-refractivity contribution in [3.63, 3.8) is 0 Å². The first-order chi connectivity index (χ1) is 19.3. The molecule has 10 nitrogen and oxygen atoms in total. The second-order valence-corrected chi connectivity index (χ2v) is 13.2. The van der Waals surface area contributed by atoms with Gasteiger partial charge in [0, 0.05) is 18.4 Å². The minimum Gasteiger partial charge on any atom is -0.399 e. The van der Waals surface area contributed by atoms with Crippen LogP contribution >= 0.6 is 0 Å². The summed E-state index contributed by atoms with van der Waals surface area (Å²) >= 11 is 0. The van der Waals surface area contributed by atoms with Gasteiger partial charge in [0.05, 0.1) is 36.0 Å². The van der Waals surface area contributed by atoms with Gasteiger partial charge in [0.25, 0.3) is 10.0 Å². The zero-order valence-corrected chi connectivity index (χ0v) is 25.5. The van der Waals surface area contributed by atoms with Crippen molar-refractivity contribution in [2.75, 3.05) is 25.6 Å². The molecular weight excluding hydrogens is 543 g/mol. The molecule has 0 aliphatic carbocycles. The number of amidine groups is 1. The third kappa shape index (κ3) is 4.90. The van der Waals surface area contributed by atoms with Crippen molar-refractivity contribution in [1.29, 1.82) is 0 Å². The van der Waals surface area contributed by atoms with Crippen LogP contribution in [-0.4, -0.2) is 70.0 Å². The largest absolute Gasteiger partial charge is 0.494 e. The van der Waals surface area contributed by atoms with Crippen LogP contribution in [0, 0.1) is 0 Å². The van der Waals surface area contributed by atoms with Gasteiger partial charge in [-0.2, -0.15) is 13.5 Å². The molecule has 0 aromatic heterocycles. The number of ether oxygens (including phenoxy) is 1. The summed E-state index contributed by atoms with van der Waals surface area (Å²) in [7, 11) is -3.11. The fraction of sp³-hybridized carbons (Fsp3) is 0.483. The number of hydrazone groups is 1. The second-order valence-electron chi connectivity index (χ2n) is 11.6. The van der Waals surface area contributed by atoms with Gasteiger partial charge < -0.3 is 19.4 Å². The maximum absolute atomic E-state index is 13.2. The van der Waals surface area contributed by atoms with E-state index >= 15 is 0 Å². The first-order valence-electron chi connectivity index (χ1n) is 13.9. The lowest BCUT2D eigenvalue weighted by atomic mass is 9.76. The number of rotatable bonds is 8. The number of hydrogen-bond donors (Lipinski definition) is 1. The maximum Gasteiger partial charge on any atom is 0.494 e. The molecule has 1 fully saturated rings. The molecule has 0 unspecified atom stereocenters. The first-order valence-corrected chi connectivity index (χ1v) is 15.3. The predicted octanol–water partition coefficient (Wildman–Crippen LogP) is 3.43. The number of fused-ring (bicyclic) bond motifs is 2. The number of sulfonamides is 1. The van der Waals surface area contributed by atoms with E-state index < -0.39 is 33.8 Å². The molecule has 1 saturated heterocycles. The number of benzene rings is 2. The normalized spacial score (nSPS) is 21.1. The monoisotopic (exact) mass is 580 g/mol. The summed E-state index contributed by atoms with van der Waals surface area (Å²) in [6.07, 6.45) is 3.02. The standard InChI is InChI=1S/C29H37BN4O6S/c1-8-29(9-2)22-16-19(10-13-23(22)32-26(29)35)18-31-34(14-15-38-7)25-21-12-11-20(17-24(21)41(36,37)33-25)30-39-27(3,4)28(5,6)40-30/h10-13,16-18H,8-9,14-15H2,1-7H3,(H,32,35)/b31-18+. The quantitative estimate of drug-likeness (QED) is 0.289. The van der Waals surface area contributed by atoms with Gasteiger partial charge in [-0.05, 0) is 75.3 Å². The molecule has 218 valence electrons. The number of carbonyl (C=O) groups excluding carboxylic acids is 1. The van der Waals surface area contributed by atoms with Crippen molar-refractivity contribution in [2.45, 2.75) is 75.9 Å². The number of carbonyl (C=O) groups is 1. The van der Waals surface area contributed by atoms with Crippen molar-refractivity contribution in [1.82, 2.24) is 5.01 Å². The number of anilines is 1. The fourth-order valence-electron chi connectivity index (χ4n) is 5.46. The number of hydrogen-bond acceptors (Lipinski definition) is 8. The molecular formula is C29H37BN4O6S. The lowest BCUT2D eigenvalue weighted by Crippen LogP contribution is -2.41. The lowest BCUT2D eigenvalue weighted by molar-refractivity contribution is -0.121. The van der Waals surface area contributed by atoms with E-state index in [1.54, 1.807) is 31.5 Å². The van der Waals surface area contributed by atoms with E-state index in [9.17, 15) is 13.2 Å². The first kappa shape index (κ1) is 29.4. The highest BCUT2D eigenvalue weighted by Gasteiger charge is 2.52. The molecule has 0 atom stereocenters. The molecule has 3 heterocycles. The minimum absolute atomic E-state index is 0.00957. The van der Waals surface area contributed by atoms with Gasteiger partial charge in [-0.25, -0.2) is 5.01 Å². The van der Waals surface area contributed by atoms with Gasteiger partial charge in [0.1, 0.15) is 4.90 Å². The minimum atomic E-state index is -3.98. The van der Waals surface area contributed by atoms with Gasteiger partial charge in [0.15, 0.2) is 5.84 Å². The van der Waals surface area contributed by atoms with Crippen LogP contribution in [0.3, 0.4) is 0 Å². The summed E-state index contributed by atoms with van der Waals surface area (Å²) in [4.78, 5) is 12.9. The van der Waals surface area contributed by atoms with Gasteiger partial charge in [0.2, 0.25) is 5.91 Å². The Labute approximate surface area is 242 Å². The van der Waals surface area contributed by atoms with Crippen molar-refractivity contribution in [3.8, 4) is 0 Å². The number of nitrogens with zero attached hydrogens (tertiary/aromatic N) is 3. The lowest BCUT2D eigenvalue weighted by Gasteiger charge is -2.32. The van der Waals surface area contributed by atoms with Gasteiger partial charge in [-0.3, -0.25) is 4.79 Å². The molecule has 0 saturated carbocycles. The van der Waals surface area contributed by atoms with Gasteiger partial charge in [-0.15, -0.1) is 4.40 Å². The summed E-state index contributed by atoms with van der Waals surface area (Å²) in [6, 6.07) is 10.8. The van der Waals surface area contributed by atoms with Crippen LogP contribution in [0.2, 0.25) is 0 Å². The second kappa shape index (κ2) is 10.3. The third-order valence-electron chi connectivity index (χ3n) is 8.80. The summed E-state index contributed by atoms with van der Waals surface area (Å²) < 4.78 is 48.1. The van der Waals surface area contributed by atoms with Gasteiger partial charge >= 0.3 is 7.12 Å². The highest BCUT2D eigenvalue weighted by Crippen LogP contribution is 2.43. The number of nitrogens with one attached hydrogen (secondary N) is 1. The fourth-order valence-corrected chi connectivity index (χ4v) is 6.70. The van der Waals surface area contributed by atoms with E-state index in [-0.39, 0.29) is 23.2 Å². The molecule has 41 heavy (non-hydrogen) atoms. The smallest absolute Gasteiger partial charge is 0.399 e. The Morgan fingerprint density at radius 2 is 1.76 bits per heavy atom. The van der Waals surface area contributed by atoms with E-state index in [2.05, 4.69) is 14.8 Å². The average Bonchev–Trinajstić information content (AvgIpc) is 3.45. The SMILES string of the molecule is CCC1(CC)C(=O)Nc2ccc(/C=N/N(CCOC)C3=NS(=O)(=O)c4cc(B5OC(C)(C)C(C)(C)O5)ccc43)cc21. The Morgan fingerprint density at radius 1 is 1.07 bits per heavy atom. The van der Waals surface area contributed by atoms with E-state index in [4.69, 9.17) is 14.0 Å². The van der Waals surface area contributed by atoms with Crippen LogP contribution in [-0.2, 0) is 34.3 Å².